The summed E-state index contributed by atoms with van der Waals surface area (Å²) in [5, 5.41) is 3.45. The van der Waals surface area contributed by atoms with E-state index in [9.17, 15) is 19.2 Å². The number of amides is 5. The van der Waals surface area contributed by atoms with Gasteiger partial charge in [-0.05, 0) is 61.2 Å². The van der Waals surface area contributed by atoms with Crippen molar-refractivity contribution in [2.45, 2.75) is 51.2 Å². The molecule has 0 atom stereocenters. The normalized spacial score (nSPS) is 16.3. The Morgan fingerprint density at radius 3 is 2.49 bits per heavy atom. The van der Waals surface area contributed by atoms with Gasteiger partial charge in [0.15, 0.2) is 0 Å². The summed E-state index contributed by atoms with van der Waals surface area (Å²) in [5.41, 5.74) is 6.02. The van der Waals surface area contributed by atoms with Gasteiger partial charge in [-0.3, -0.25) is 30.1 Å². The van der Waals surface area contributed by atoms with Crippen molar-refractivity contribution in [3.05, 3.63) is 64.2 Å². The number of aryl methyl sites for hydroxylation is 1. The van der Waals surface area contributed by atoms with Crippen LogP contribution in [0.15, 0.2) is 42.5 Å². The van der Waals surface area contributed by atoms with Crippen LogP contribution in [0.25, 0.3) is 0 Å². The lowest BCUT2D eigenvalue weighted by molar-refractivity contribution is -0.131. The largest absolute Gasteiger partial charge is 0.489 e. The predicted octanol–water partition coefficient (Wildman–Crippen LogP) is 3.24. The van der Waals surface area contributed by atoms with E-state index in [0.29, 0.717) is 35.8 Å². The number of carbonyl (C=O) groups is 4. The van der Waals surface area contributed by atoms with Crippen LogP contribution in [0.4, 0.5) is 4.79 Å². The molecular formula is C25H27ClN4O5. The third kappa shape index (κ3) is 5.57. The van der Waals surface area contributed by atoms with Gasteiger partial charge in [-0.1, -0.05) is 36.6 Å². The Morgan fingerprint density at radius 1 is 1.09 bits per heavy atom. The second-order valence-corrected chi connectivity index (χ2v) is 9.23. The maximum Gasteiger partial charge on any atom is 0.325 e. The van der Waals surface area contributed by atoms with Crippen LogP contribution in [0, 0.1) is 6.92 Å². The zero-order valence-corrected chi connectivity index (χ0v) is 20.1. The zero-order chi connectivity index (χ0) is 25.0. The topological polar surface area (TPSA) is 117 Å². The van der Waals surface area contributed by atoms with Crippen molar-refractivity contribution in [2.24, 2.45) is 0 Å². The third-order valence-electron chi connectivity index (χ3n) is 6.33. The van der Waals surface area contributed by atoms with Crippen LogP contribution in [0.1, 0.15) is 53.6 Å². The molecule has 1 aliphatic carbocycles. The molecule has 3 N–H and O–H groups in total. The predicted molar refractivity (Wildman–Crippen MR) is 129 cm³/mol. The number of nitrogens with one attached hydrogen (secondary N) is 3. The van der Waals surface area contributed by atoms with E-state index in [1.807, 2.05) is 13.0 Å². The van der Waals surface area contributed by atoms with Crippen molar-refractivity contribution in [3.63, 3.8) is 0 Å². The number of carbonyl (C=O) groups excluding carboxylic acids is 4. The van der Waals surface area contributed by atoms with Crippen LogP contribution in [0.5, 0.6) is 5.75 Å². The van der Waals surface area contributed by atoms with Crippen molar-refractivity contribution >= 4 is 35.4 Å². The Morgan fingerprint density at radius 2 is 1.80 bits per heavy atom. The molecule has 10 heteroatoms. The standard InChI is InChI=1S/C25H27ClN4O5/c1-16-14-19(8-9-20(16)26)35-15-17-4-6-18(7-5-17)22(32)29-28-21(31)10-13-30-23(33)25(27-24(30)34)11-2-3-12-25/h4-9,14H,2-3,10-13,15H2,1H3,(H,27,34)(H,28,31)(H,29,32). The van der Waals surface area contributed by atoms with Crippen LogP contribution in [0.3, 0.4) is 0 Å². The monoisotopic (exact) mass is 498 g/mol. The summed E-state index contributed by atoms with van der Waals surface area (Å²) in [6.45, 7) is 2.18. The number of benzene rings is 2. The molecule has 0 unspecified atom stereocenters. The van der Waals surface area contributed by atoms with Crippen LogP contribution in [-0.4, -0.2) is 40.7 Å². The second kappa shape index (κ2) is 10.4. The fourth-order valence-electron chi connectivity index (χ4n) is 4.30. The molecule has 0 aromatic heterocycles. The molecule has 35 heavy (non-hydrogen) atoms. The summed E-state index contributed by atoms with van der Waals surface area (Å²) in [6.07, 6.45) is 2.92. The van der Waals surface area contributed by atoms with Crippen molar-refractivity contribution in [3.8, 4) is 5.75 Å². The summed E-state index contributed by atoms with van der Waals surface area (Å²) < 4.78 is 5.75. The molecule has 5 amide bonds. The van der Waals surface area contributed by atoms with Crippen molar-refractivity contribution in [1.82, 2.24) is 21.1 Å². The van der Waals surface area contributed by atoms with Crippen molar-refractivity contribution < 1.29 is 23.9 Å². The summed E-state index contributed by atoms with van der Waals surface area (Å²) in [6, 6.07) is 11.7. The Balaban J connectivity index is 1.21. The van der Waals surface area contributed by atoms with Gasteiger partial charge in [0.1, 0.15) is 17.9 Å². The van der Waals surface area contributed by atoms with Gasteiger partial charge in [0.25, 0.3) is 11.8 Å². The highest BCUT2D eigenvalue weighted by molar-refractivity contribution is 6.31. The number of hydrogen-bond acceptors (Lipinski definition) is 5. The molecule has 2 fully saturated rings. The van der Waals surface area contributed by atoms with Gasteiger partial charge in [0.05, 0.1) is 0 Å². The molecule has 4 rings (SSSR count). The summed E-state index contributed by atoms with van der Waals surface area (Å²) in [7, 11) is 0. The fraction of sp³-hybridized carbons (Fsp3) is 0.360. The first-order valence-corrected chi connectivity index (χ1v) is 11.9. The Labute approximate surface area is 208 Å². The average Bonchev–Trinajstić information content (AvgIpc) is 3.41. The molecule has 1 heterocycles. The van der Waals surface area contributed by atoms with E-state index < -0.39 is 23.4 Å². The molecule has 0 bridgehead atoms. The first-order valence-electron chi connectivity index (χ1n) is 11.5. The van der Waals surface area contributed by atoms with Gasteiger partial charge in [-0.2, -0.15) is 0 Å². The maximum atomic E-state index is 12.6. The van der Waals surface area contributed by atoms with Gasteiger partial charge in [0.2, 0.25) is 5.91 Å². The van der Waals surface area contributed by atoms with E-state index in [1.54, 1.807) is 36.4 Å². The van der Waals surface area contributed by atoms with Gasteiger partial charge in [-0.15, -0.1) is 0 Å². The molecule has 1 saturated carbocycles. The average molecular weight is 499 g/mol. The summed E-state index contributed by atoms with van der Waals surface area (Å²) in [4.78, 5) is 50.4. The van der Waals surface area contributed by atoms with Crippen molar-refractivity contribution in [2.75, 3.05) is 6.54 Å². The number of rotatable bonds is 7. The number of nitrogens with zero attached hydrogens (tertiary/aromatic N) is 1. The lowest BCUT2D eigenvalue weighted by Crippen LogP contribution is -2.45. The van der Waals surface area contributed by atoms with E-state index in [2.05, 4.69) is 16.2 Å². The molecule has 2 aromatic carbocycles. The van der Waals surface area contributed by atoms with E-state index in [4.69, 9.17) is 16.3 Å². The number of urea groups is 1. The lowest BCUT2D eigenvalue weighted by atomic mass is 9.98. The molecule has 2 aromatic rings. The molecule has 9 nitrogen and oxygen atoms in total. The Hall–Kier alpha value is -3.59. The highest BCUT2D eigenvalue weighted by Gasteiger charge is 2.52. The number of halogens is 1. The van der Waals surface area contributed by atoms with Crippen LogP contribution < -0.4 is 20.9 Å². The van der Waals surface area contributed by atoms with Gasteiger partial charge in [-0.25, -0.2) is 4.79 Å². The number of ether oxygens (including phenoxy) is 1. The minimum Gasteiger partial charge on any atom is -0.489 e. The van der Waals surface area contributed by atoms with E-state index in [0.717, 1.165) is 28.9 Å². The van der Waals surface area contributed by atoms with Gasteiger partial charge >= 0.3 is 6.03 Å². The number of hydrazine groups is 1. The Bertz CT molecular complexity index is 1150. The molecule has 184 valence electrons. The zero-order valence-electron chi connectivity index (χ0n) is 19.4. The van der Waals surface area contributed by atoms with E-state index >= 15 is 0 Å². The summed E-state index contributed by atoms with van der Waals surface area (Å²) in [5.74, 6) is -0.566. The third-order valence-corrected chi connectivity index (χ3v) is 6.76. The van der Waals surface area contributed by atoms with Gasteiger partial charge in [0, 0.05) is 23.6 Å². The maximum absolute atomic E-state index is 12.6. The molecule has 2 aliphatic rings. The smallest absolute Gasteiger partial charge is 0.325 e. The first-order chi connectivity index (χ1) is 16.8. The Kier molecular flexibility index (Phi) is 7.25. The van der Waals surface area contributed by atoms with Crippen LogP contribution >= 0.6 is 11.6 Å². The highest BCUT2D eigenvalue weighted by atomic mass is 35.5. The minimum atomic E-state index is -0.799. The molecule has 1 spiro atoms. The highest BCUT2D eigenvalue weighted by Crippen LogP contribution is 2.35. The van der Waals surface area contributed by atoms with Gasteiger partial charge < -0.3 is 10.1 Å². The molecule has 1 saturated heterocycles. The SMILES string of the molecule is Cc1cc(OCc2ccc(C(=O)NNC(=O)CCN3C(=O)NC4(CCCC4)C3=O)cc2)ccc1Cl. The van der Waals surface area contributed by atoms with Crippen molar-refractivity contribution in [1.29, 1.82) is 0 Å². The number of imide groups is 1. The minimum absolute atomic E-state index is 0.0457. The summed E-state index contributed by atoms with van der Waals surface area (Å²) >= 11 is 6.02. The van der Waals surface area contributed by atoms with E-state index in [-0.39, 0.29) is 18.9 Å². The van der Waals surface area contributed by atoms with E-state index in [1.165, 1.54) is 0 Å². The van der Waals surface area contributed by atoms with Crippen LogP contribution in [0.2, 0.25) is 5.02 Å². The first kappa shape index (κ1) is 24.5. The fourth-order valence-corrected chi connectivity index (χ4v) is 4.41. The molecule has 0 radical (unpaired) electrons. The van der Waals surface area contributed by atoms with Crippen LogP contribution in [-0.2, 0) is 16.2 Å². The second-order valence-electron chi connectivity index (χ2n) is 8.83. The number of hydrogen-bond donors (Lipinski definition) is 3. The lowest BCUT2D eigenvalue weighted by Gasteiger charge is -2.19. The molecular weight excluding hydrogens is 472 g/mol. The molecule has 1 aliphatic heterocycles. The quantitative estimate of drug-likeness (QED) is 0.400.